The minimum absolute atomic E-state index is 0.190. The molecule has 0 saturated heterocycles. The minimum Gasteiger partial charge on any atom is -0.508 e. The van der Waals surface area contributed by atoms with Gasteiger partial charge in [-0.05, 0) is 18.2 Å². The quantitative estimate of drug-likeness (QED) is 0.759. The molecule has 1 aromatic carbocycles. The van der Waals surface area contributed by atoms with Crippen LogP contribution >= 0.6 is 0 Å². The summed E-state index contributed by atoms with van der Waals surface area (Å²) in [5, 5.41) is 8.89. The summed E-state index contributed by atoms with van der Waals surface area (Å²) in [6, 6.07) is 3.45. The van der Waals surface area contributed by atoms with E-state index in [-0.39, 0.29) is 10.6 Å². The van der Waals surface area contributed by atoms with Crippen molar-refractivity contribution in [2.24, 2.45) is 0 Å². The average molecular weight is 190 g/mol. The first-order chi connectivity index (χ1) is 5.56. The van der Waals surface area contributed by atoms with E-state index in [1.165, 1.54) is 18.2 Å². The first-order valence-electron chi connectivity index (χ1n) is 3.14. The van der Waals surface area contributed by atoms with E-state index < -0.39 is 15.8 Å². The van der Waals surface area contributed by atoms with Crippen molar-refractivity contribution in [3.8, 4) is 5.75 Å². The van der Waals surface area contributed by atoms with Gasteiger partial charge in [-0.2, -0.15) is 0 Å². The van der Waals surface area contributed by atoms with Crippen molar-refractivity contribution < 1.29 is 17.9 Å². The third kappa shape index (κ3) is 1.73. The lowest BCUT2D eigenvalue weighted by Crippen LogP contribution is -2.01. The van der Waals surface area contributed by atoms with Crippen LogP contribution in [0, 0.1) is 0 Å². The number of phenolic OH excluding ortho intramolecular Hbond substituents is 1. The Morgan fingerprint density at radius 1 is 1.42 bits per heavy atom. The van der Waals surface area contributed by atoms with Crippen molar-refractivity contribution in [3.05, 3.63) is 24.3 Å². The standard InChI is InChI=1S/C7H7FO3S/c8-5-12(10,11)7-3-1-2-6(9)4-7/h1-4,9H,5H2. The van der Waals surface area contributed by atoms with Gasteiger partial charge in [-0.25, -0.2) is 12.8 Å². The van der Waals surface area contributed by atoms with Gasteiger partial charge in [0.25, 0.3) is 0 Å². The molecular formula is C7H7FO3S. The van der Waals surface area contributed by atoms with Crippen LogP contribution in [0.2, 0.25) is 0 Å². The molecule has 3 nitrogen and oxygen atoms in total. The number of sulfone groups is 1. The van der Waals surface area contributed by atoms with E-state index in [0.717, 1.165) is 6.07 Å². The molecule has 1 rings (SSSR count). The summed E-state index contributed by atoms with van der Waals surface area (Å²) in [5.41, 5.74) is 0. The van der Waals surface area contributed by atoms with Gasteiger partial charge in [0.15, 0.2) is 6.01 Å². The maximum Gasteiger partial charge on any atom is 0.207 e. The fraction of sp³-hybridized carbons (Fsp3) is 0.143. The fourth-order valence-corrected chi connectivity index (χ4v) is 1.45. The lowest BCUT2D eigenvalue weighted by Gasteiger charge is -1.98. The molecule has 66 valence electrons. The molecule has 0 radical (unpaired) electrons. The van der Waals surface area contributed by atoms with Crippen LogP contribution < -0.4 is 0 Å². The summed E-state index contributed by atoms with van der Waals surface area (Å²) in [7, 11) is -3.85. The van der Waals surface area contributed by atoms with Crippen molar-refractivity contribution in [2.45, 2.75) is 4.90 Å². The van der Waals surface area contributed by atoms with Crippen molar-refractivity contribution in [3.63, 3.8) is 0 Å². The van der Waals surface area contributed by atoms with Gasteiger partial charge in [0, 0.05) is 0 Å². The first kappa shape index (κ1) is 8.99. The highest BCUT2D eigenvalue weighted by Gasteiger charge is 2.13. The van der Waals surface area contributed by atoms with Gasteiger partial charge in [-0.15, -0.1) is 0 Å². The molecule has 5 heteroatoms. The second kappa shape index (κ2) is 3.10. The van der Waals surface area contributed by atoms with Gasteiger partial charge in [0.2, 0.25) is 9.84 Å². The van der Waals surface area contributed by atoms with Crippen LogP contribution in [0.15, 0.2) is 29.2 Å². The fourth-order valence-electron chi connectivity index (χ4n) is 0.740. The summed E-state index contributed by atoms with van der Waals surface area (Å²) in [5.74, 6) is -0.190. The maximum absolute atomic E-state index is 11.9. The highest BCUT2D eigenvalue weighted by molar-refractivity contribution is 7.91. The van der Waals surface area contributed by atoms with Crippen LogP contribution in [-0.4, -0.2) is 19.5 Å². The SMILES string of the molecule is O=S(=O)(CF)c1cccc(O)c1. The number of benzene rings is 1. The minimum atomic E-state index is -3.85. The number of halogens is 1. The van der Waals surface area contributed by atoms with Gasteiger partial charge >= 0.3 is 0 Å². The smallest absolute Gasteiger partial charge is 0.207 e. The number of hydrogen-bond donors (Lipinski definition) is 1. The number of hydrogen-bond acceptors (Lipinski definition) is 3. The van der Waals surface area contributed by atoms with Gasteiger partial charge in [0.05, 0.1) is 4.90 Å². The van der Waals surface area contributed by atoms with Crippen LogP contribution in [0.5, 0.6) is 5.75 Å². The van der Waals surface area contributed by atoms with Crippen LogP contribution in [0.4, 0.5) is 4.39 Å². The topological polar surface area (TPSA) is 54.4 Å². The normalized spacial score (nSPS) is 11.4. The van der Waals surface area contributed by atoms with E-state index in [1.54, 1.807) is 0 Å². The number of alkyl halides is 1. The Hall–Kier alpha value is -1.10. The molecule has 0 saturated carbocycles. The monoisotopic (exact) mass is 190 g/mol. The number of phenols is 1. The molecule has 0 atom stereocenters. The molecule has 0 aliphatic heterocycles. The second-order valence-corrected chi connectivity index (χ2v) is 4.14. The third-order valence-corrected chi connectivity index (χ3v) is 2.58. The zero-order valence-corrected chi connectivity index (χ0v) is 6.88. The summed E-state index contributed by atoms with van der Waals surface area (Å²) in [4.78, 5) is -0.204. The van der Waals surface area contributed by atoms with Gasteiger partial charge in [-0.1, -0.05) is 6.07 Å². The van der Waals surface area contributed by atoms with E-state index in [0.29, 0.717) is 0 Å². The Bertz CT molecular complexity index is 372. The Morgan fingerprint density at radius 2 is 2.08 bits per heavy atom. The van der Waals surface area contributed by atoms with Gasteiger partial charge in [0.1, 0.15) is 5.75 Å². The summed E-state index contributed by atoms with van der Waals surface area (Å²) >= 11 is 0. The van der Waals surface area contributed by atoms with Crippen molar-refractivity contribution in [2.75, 3.05) is 6.01 Å². The number of rotatable bonds is 2. The van der Waals surface area contributed by atoms with E-state index >= 15 is 0 Å². The third-order valence-electron chi connectivity index (χ3n) is 1.32. The first-order valence-corrected chi connectivity index (χ1v) is 4.79. The molecule has 0 spiro atoms. The highest BCUT2D eigenvalue weighted by Crippen LogP contribution is 2.16. The van der Waals surface area contributed by atoms with E-state index in [9.17, 15) is 12.8 Å². The lowest BCUT2D eigenvalue weighted by molar-refractivity contribution is 0.472. The molecule has 0 heterocycles. The molecule has 0 aliphatic carbocycles. The van der Waals surface area contributed by atoms with E-state index in [4.69, 9.17) is 5.11 Å². The Labute approximate surface area is 69.4 Å². The van der Waals surface area contributed by atoms with E-state index in [2.05, 4.69) is 0 Å². The predicted octanol–water partition coefficient (Wildman–Crippen LogP) is 1.09. The zero-order valence-electron chi connectivity index (χ0n) is 6.07. The average Bonchev–Trinajstić information content (AvgIpc) is 2.05. The summed E-state index contributed by atoms with van der Waals surface area (Å²) in [6.45, 7) is 0. The van der Waals surface area contributed by atoms with Crippen LogP contribution in [-0.2, 0) is 9.84 Å². The Balaban J connectivity index is 3.21. The highest BCUT2D eigenvalue weighted by atomic mass is 32.2. The molecule has 0 amide bonds. The van der Waals surface area contributed by atoms with Crippen molar-refractivity contribution >= 4 is 9.84 Å². The second-order valence-electron chi connectivity index (χ2n) is 2.22. The molecule has 12 heavy (non-hydrogen) atoms. The molecular weight excluding hydrogens is 183 g/mol. The largest absolute Gasteiger partial charge is 0.508 e. The molecule has 0 aromatic heterocycles. The van der Waals surface area contributed by atoms with Crippen molar-refractivity contribution in [1.82, 2.24) is 0 Å². The summed E-state index contributed by atoms with van der Waals surface area (Å²) < 4.78 is 33.7. The predicted molar refractivity (Wildman–Crippen MR) is 41.3 cm³/mol. The molecule has 0 bridgehead atoms. The van der Waals surface area contributed by atoms with Gasteiger partial charge in [-0.3, -0.25) is 0 Å². The summed E-state index contributed by atoms with van der Waals surface area (Å²) in [6.07, 6.45) is 0. The van der Waals surface area contributed by atoms with Crippen LogP contribution in [0.3, 0.4) is 0 Å². The molecule has 0 unspecified atom stereocenters. The van der Waals surface area contributed by atoms with E-state index in [1.807, 2.05) is 0 Å². The Morgan fingerprint density at radius 3 is 2.58 bits per heavy atom. The molecule has 1 N–H and O–H groups in total. The lowest BCUT2D eigenvalue weighted by atomic mass is 10.3. The number of aromatic hydroxyl groups is 1. The van der Waals surface area contributed by atoms with Crippen molar-refractivity contribution in [1.29, 1.82) is 0 Å². The Kier molecular flexibility index (Phi) is 2.32. The van der Waals surface area contributed by atoms with Gasteiger partial charge < -0.3 is 5.11 Å². The molecule has 0 aliphatic rings. The zero-order chi connectivity index (χ0) is 9.19. The molecule has 1 aromatic rings. The maximum atomic E-state index is 11.9. The molecule has 0 fully saturated rings. The van der Waals surface area contributed by atoms with Crippen LogP contribution in [0.25, 0.3) is 0 Å². The van der Waals surface area contributed by atoms with Crippen LogP contribution in [0.1, 0.15) is 0 Å².